The Balaban J connectivity index is 3.08. The van der Waals surface area contributed by atoms with E-state index in [9.17, 15) is 9.59 Å². The van der Waals surface area contributed by atoms with Gasteiger partial charge in [-0.25, -0.2) is 0 Å². The predicted molar refractivity (Wildman–Crippen MR) is 83.1 cm³/mol. The van der Waals surface area contributed by atoms with Crippen molar-refractivity contribution in [3.05, 3.63) is 48.6 Å². The first-order valence-corrected chi connectivity index (χ1v) is 7.17. The summed E-state index contributed by atoms with van der Waals surface area (Å²) in [7, 11) is 0. The minimum atomic E-state index is -1.01. The molecule has 2 unspecified atom stereocenters. The monoisotopic (exact) mass is 289 g/mol. The van der Waals surface area contributed by atoms with Crippen molar-refractivity contribution in [1.82, 2.24) is 4.90 Å². The molecule has 1 amide bonds. The van der Waals surface area contributed by atoms with Crippen LogP contribution in [0.5, 0.6) is 0 Å². The van der Waals surface area contributed by atoms with Crippen molar-refractivity contribution in [2.45, 2.75) is 26.2 Å². The highest BCUT2D eigenvalue weighted by Gasteiger charge is 2.30. The van der Waals surface area contributed by atoms with Crippen LogP contribution in [0.1, 0.15) is 31.7 Å². The first-order valence-electron chi connectivity index (χ1n) is 7.17. The first kappa shape index (κ1) is 17.0. The van der Waals surface area contributed by atoms with Gasteiger partial charge in [0.05, 0.1) is 5.92 Å². The maximum Gasteiger partial charge on any atom is 0.323 e. The maximum atomic E-state index is 12.8. The molecule has 0 aliphatic rings. The summed E-state index contributed by atoms with van der Waals surface area (Å²) in [5, 5.41) is 8.98. The van der Waals surface area contributed by atoms with E-state index in [1.54, 1.807) is 6.08 Å². The molecule has 2 atom stereocenters. The van der Waals surface area contributed by atoms with E-state index >= 15 is 0 Å². The molecule has 0 aliphatic heterocycles. The van der Waals surface area contributed by atoms with Crippen LogP contribution >= 0.6 is 0 Å². The second-order valence-corrected chi connectivity index (χ2v) is 5.18. The van der Waals surface area contributed by atoms with Gasteiger partial charge >= 0.3 is 5.97 Å². The number of hydrogen-bond donors (Lipinski definition) is 1. The molecule has 1 rings (SSSR count). The Morgan fingerprint density at radius 1 is 1.33 bits per heavy atom. The summed E-state index contributed by atoms with van der Waals surface area (Å²) < 4.78 is 0. The zero-order valence-corrected chi connectivity index (χ0v) is 12.7. The smallest absolute Gasteiger partial charge is 0.323 e. The first-order chi connectivity index (χ1) is 10.0. The lowest BCUT2D eigenvalue weighted by molar-refractivity contribution is -0.145. The normalized spacial score (nSPS) is 13.2. The second kappa shape index (κ2) is 8.25. The van der Waals surface area contributed by atoms with Gasteiger partial charge in [0.25, 0.3) is 0 Å². The highest BCUT2D eigenvalue weighted by Crippen LogP contribution is 2.29. The fourth-order valence-electron chi connectivity index (χ4n) is 2.36. The van der Waals surface area contributed by atoms with E-state index in [1.807, 2.05) is 44.2 Å². The Labute approximate surface area is 126 Å². The molecule has 0 saturated heterocycles. The number of aliphatic carboxylic acids is 1. The van der Waals surface area contributed by atoms with E-state index in [4.69, 9.17) is 5.11 Å². The molecule has 0 spiro atoms. The number of benzene rings is 1. The van der Waals surface area contributed by atoms with Crippen molar-refractivity contribution in [3.63, 3.8) is 0 Å². The van der Waals surface area contributed by atoms with Crippen LogP contribution in [0.4, 0.5) is 0 Å². The third-order valence-corrected chi connectivity index (χ3v) is 3.63. The third kappa shape index (κ3) is 4.74. The highest BCUT2D eigenvalue weighted by atomic mass is 16.4. The van der Waals surface area contributed by atoms with Crippen LogP contribution in [-0.4, -0.2) is 35.0 Å². The van der Waals surface area contributed by atoms with E-state index in [0.29, 0.717) is 0 Å². The summed E-state index contributed by atoms with van der Waals surface area (Å²) in [6.45, 7) is 7.59. The molecule has 4 heteroatoms. The average molecular weight is 289 g/mol. The molecule has 0 fully saturated rings. The van der Waals surface area contributed by atoms with E-state index in [1.165, 1.54) is 4.90 Å². The SMILES string of the molecule is C=CCN(CC(=O)O)C(=O)C(c1ccccc1)C(C)CC. The molecular weight excluding hydrogens is 266 g/mol. The fourth-order valence-corrected chi connectivity index (χ4v) is 2.36. The second-order valence-electron chi connectivity index (χ2n) is 5.18. The molecule has 114 valence electrons. The van der Waals surface area contributed by atoms with Crippen LogP contribution in [0, 0.1) is 5.92 Å². The van der Waals surface area contributed by atoms with Gasteiger partial charge in [0, 0.05) is 6.54 Å². The summed E-state index contributed by atoms with van der Waals surface area (Å²) >= 11 is 0. The Kier molecular flexibility index (Phi) is 6.66. The largest absolute Gasteiger partial charge is 0.480 e. The van der Waals surface area contributed by atoms with Gasteiger partial charge in [-0.1, -0.05) is 56.7 Å². The summed E-state index contributed by atoms with van der Waals surface area (Å²) in [5.41, 5.74) is 0.927. The van der Waals surface area contributed by atoms with Crippen LogP contribution < -0.4 is 0 Å². The number of amides is 1. The zero-order valence-electron chi connectivity index (χ0n) is 12.7. The lowest BCUT2D eigenvalue weighted by Crippen LogP contribution is -2.40. The number of carbonyl (C=O) groups excluding carboxylic acids is 1. The Bertz CT molecular complexity index is 484. The Morgan fingerprint density at radius 2 is 1.95 bits per heavy atom. The Morgan fingerprint density at radius 3 is 2.43 bits per heavy atom. The van der Waals surface area contributed by atoms with Crippen LogP contribution in [0.15, 0.2) is 43.0 Å². The van der Waals surface area contributed by atoms with Gasteiger partial charge in [0.2, 0.25) is 5.91 Å². The van der Waals surface area contributed by atoms with Crippen molar-refractivity contribution >= 4 is 11.9 Å². The van der Waals surface area contributed by atoms with E-state index in [2.05, 4.69) is 6.58 Å². The van der Waals surface area contributed by atoms with Crippen molar-refractivity contribution in [3.8, 4) is 0 Å². The number of carboxylic acids is 1. The minimum absolute atomic E-state index is 0.140. The van der Waals surface area contributed by atoms with Crippen molar-refractivity contribution in [2.75, 3.05) is 13.1 Å². The minimum Gasteiger partial charge on any atom is -0.480 e. The summed E-state index contributed by atoms with van der Waals surface area (Å²) in [6.07, 6.45) is 2.40. The van der Waals surface area contributed by atoms with E-state index in [-0.39, 0.29) is 30.8 Å². The van der Waals surface area contributed by atoms with Crippen LogP contribution in [-0.2, 0) is 9.59 Å². The molecule has 1 aromatic carbocycles. The Hall–Kier alpha value is -2.10. The van der Waals surface area contributed by atoms with Gasteiger partial charge in [-0.15, -0.1) is 6.58 Å². The standard InChI is InChI=1S/C17H23NO3/c1-4-11-18(12-15(19)20)17(21)16(13(3)5-2)14-9-7-6-8-10-14/h4,6-10,13,16H,1,5,11-12H2,2-3H3,(H,19,20). The molecule has 21 heavy (non-hydrogen) atoms. The zero-order chi connectivity index (χ0) is 15.8. The van der Waals surface area contributed by atoms with Crippen molar-refractivity contribution < 1.29 is 14.7 Å². The predicted octanol–water partition coefficient (Wildman–Crippen LogP) is 2.92. The summed E-state index contributed by atoms with van der Waals surface area (Å²) in [6, 6.07) is 9.53. The number of hydrogen-bond acceptors (Lipinski definition) is 2. The average Bonchev–Trinajstić information content (AvgIpc) is 2.47. The van der Waals surface area contributed by atoms with Crippen LogP contribution in [0.2, 0.25) is 0 Å². The summed E-state index contributed by atoms with van der Waals surface area (Å²) in [4.78, 5) is 25.1. The lowest BCUT2D eigenvalue weighted by atomic mass is 9.84. The van der Waals surface area contributed by atoms with Crippen LogP contribution in [0.3, 0.4) is 0 Å². The molecule has 0 bridgehead atoms. The molecule has 1 N–H and O–H groups in total. The number of carbonyl (C=O) groups is 2. The molecule has 0 heterocycles. The maximum absolute atomic E-state index is 12.8. The molecular formula is C17H23NO3. The lowest BCUT2D eigenvalue weighted by Gasteiger charge is -2.29. The van der Waals surface area contributed by atoms with Gasteiger partial charge in [0.1, 0.15) is 6.54 Å². The topological polar surface area (TPSA) is 57.6 Å². The molecule has 0 saturated carbocycles. The number of rotatable bonds is 8. The molecule has 1 aromatic rings. The quantitative estimate of drug-likeness (QED) is 0.749. The molecule has 0 aliphatic carbocycles. The van der Waals surface area contributed by atoms with Gasteiger partial charge < -0.3 is 10.0 Å². The number of nitrogens with zero attached hydrogens (tertiary/aromatic N) is 1. The van der Waals surface area contributed by atoms with Crippen LogP contribution in [0.25, 0.3) is 0 Å². The van der Waals surface area contributed by atoms with Crippen molar-refractivity contribution in [1.29, 1.82) is 0 Å². The summed E-state index contributed by atoms with van der Waals surface area (Å²) in [5.74, 6) is -1.35. The van der Waals surface area contributed by atoms with E-state index < -0.39 is 5.97 Å². The fraction of sp³-hybridized carbons (Fsp3) is 0.412. The molecule has 4 nitrogen and oxygen atoms in total. The number of carboxylic acid groups (broad SMARTS) is 1. The molecule has 0 aromatic heterocycles. The highest BCUT2D eigenvalue weighted by molar-refractivity contribution is 5.87. The van der Waals surface area contributed by atoms with Gasteiger partial charge in [-0.3, -0.25) is 9.59 Å². The van der Waals surface area contributed by atoms with Crippen molar-refractivity contribution in [2.24, 2.45) is 5.92 Å². The molecule has 0 radical (unpaired) electrons. The van der Waals surface area contributed by atoms with E-state index in [0.717, 1.165) is 12.0 Å². The third-order valence-electron chi connectivity index (χ3n) is 3.63. The van der Waals surface area contributed by atoms with Gasteiger partial charge in [-0.2, -0.15) is 0 Å². The van der Waals surface area contributed by atoms with Gasteiger partial charge in [-0.05, 0) is 11.5 Å². The van der Waals surface area contributed by atoms with Gasteiger partial charge in [0.15, 0.2) is 0 Å².